The molecule has 9 heteroatoms. The Balaban J connectivity index is 1.96. The fraction of sp³-hybridized carbons (Fsp3) is 0.333. The van der Waals surface area contributed by atoms with Crippen molar-refractivity contribution >= 4 is 35.0 Å². The summed E-state index contributed by atoms with van der Waals surface area (Å²) in [6, 6.07) is 18.9. The van der Waals surface area contributed by atoms with E-state index in [0.717, 1.165) is 11.1 Å². The number of hydrogen-bond acceptors (Lipinski definition) is 5. The normalized spacial score (nSPS) is 11.9. The van der Waals surface area contributed by atoms with Crippen molar-refractivity contribution in [2.24, 2.45) is 0 Å². The van der Waals surface area contributed by atoms with Crippen molar-refractivity contribution in [3.8, 4) is 17.2 Å². The van der Waals surface area contributed by atoms with Crippen LogP contribution in [0.25, 0.3) is 0 Å². The predicted octanol–water partition coefficient (Wildman–Crippen LogP) is 5.94. The first-order valence-corrected chi connectivity index (χ1v) is 13.2. The van der Waals surface area contributed by atoms with E-state index in [1.807, 2.05) is 51.1 Å². The quantitative estimate of drug-likeness (QED) is 0.307. The first-order chi connectivity index (χ1) is 18.5. The van der Waals surface area contributed by atoms with Gasteiger partial charge >= 0.3 is 0 Å². The van der Waals surface area contributed by atoms with Gasteiger partial charge in [-0.25, -0.2) is 0 Å². The van der Waals surface area contributed by atoms with Gasteiger partial charge in [-0.2, -0.15) is 0 Å². The summed E-state index contributed by atoms with van der Waals surface area (Å²) in [5.74, 6) is 0.787. The summed E-state index contributed by atoms with van der Waals surface area (Å²) in [6.45, 7) is 5.50. The molecular weight excluding hydrogens is 539 g/mol. The third kappa shape index (κ3) is 9.08. The molecule has 0 spiro atoms. The molecule has 0 bridgehead atoms. The molecular formula is C30H34Cl2N2O5. The molecule has 0 unspecified atom stereocenters. The van der Waals surface area contributed by atoms with Gasteiger partial charge in [0.25, 0.3) is 5.91 Å². The van der Waals surface area contributed by atoms with E-state index in [-0.39, 0.29) is 25.0 Å². The van der Waals surface area contributed by atoms with E-state index in [1.54, 1.807) is 36.4 Å². The van der Waals surface area contributed by atoms with Crippen LogP contribution in [0.2, 0.25) is 10.0 Å². The summed E-state index contributed by atoms with van der Waals surface area (Å²) >= 11 is 12.4. The molecule has 208 valence electrons. The van der Waals surface area contributed by atoms with E-state index >= 15 is 0 Å². The van der Waals surface area contributed by atoms with Gasteiger partial charge in [0.15, 0.2) is 6.61 Å². The number of carbonyl (C=O) groups is 2. The van der Waals surface area contributed by atoms with Crippen LogP contribution >= 0.6 is 23.2 Å². The van der Waals surface area contributed by atoms with Crippen LogP contribution in [0.5, 0.6) is 17.2 Å². The van der Waals surface area contributed by atoms with E-state index in [2.05, 4.69) is 5.32 Å². The number of carbonyl (C=O) groups excluding carboxylic acids is 2. The highest BCUT2D eigenvalue weighted by molar-refractivity contribution is 6.42. The number of nitrogens with zero attached hydrogens (tertiary/aromatic N) is 1. The minimum absolute atomic E-state index is 0.121. The second-order valence-electron chi connectivity index (χ2n) is 10.1. The van der Waals surface area contributed by atoms with Crippen LogP contribution in [-0.2, 0) is 22.6 Å². The number of nitrogens with one attached hydrogen (secondary N) is 1. The fourth-order valence-electron chi connectivity index (χ4n) is 3.93. The average Bonchev–Trinajstić information content (AvgIpc) is 2.90. The summed E-state index contributed by atoms with van der Waals surface area (Å²) in [7, 11) is 3.06. The summed E-state index contributed by atoms with van der Waals surface area (Å²) in [5.41, 5.74) is 1.14. The average molecular weight is 574 g/mol. The second kappa shape index (κ2) is 13.6. The fourth-order valence-corrected chi connectivity index (χ4v) is 4.25. The molecule has 7 nitrogen and oxygen atoms in total. The number of benzene rings is 3. The molecule has 3 aromatic carbocycles. The van der Waals surface area contributed by atoms with Crippen LogP contribution < -0.4 is 19.5 Å². The third-order valence-electron chi connectivity index (χ3n) is 5.79. The molecule has 0 radical (unpaired) electrons. The Morgan fingerprint density at radius 3 is 2.03 bits per heavy atom. The van der Waals surface area contributed by atoms with E-state index in [0.29, 0.717) is 33.7 Å². The van der Waals surface area contributed by atoms with E-state index in [9.17, 15) is 9.59 Å². The maximum absolute atomic E-state index is 13.8. The Bertz CT molecular complexity index is 1260. The van der Waals surface area contributed by atoms with Gasteiger partial charge in [0.1, 0.15) is 23.3 Å². The lowest BCUT2D eigenvalue weighted by Crippen LogP contribution is -2.55. The molecule has 3 rings (SSSR count). The smallest absolute Gasteiger partial charge is 0.261 e. The number of methoxy groups -OCH3 is 2. The van der Waals surface area contributed by atoms with Crippen LogP contribution in [0.1, 0.15) is 31.9 Å². The number of halogens is 2. The van der Waals surface area contributed by atoms with E-state index in [4.69, 9.17) is 37.4 Å². The van der Waals surface area contributed by atoms with E-state index in [1.165, 1.54) is 19.1 Å². The molecule has 39 heavy (non-hydrogen) atoms. The van der Waals surface area contributed by atoms with Crippen molar-refractivity contribution in [2.45, 2.75) is 45.3 Å². The minimum Gasteiger partial charge on any atom is -0.496 e. The van der Waals surface area contributed by atoms with Crippen molar-refractivity contribution in [3.05, 3.63) is 87.9 Å². The van der Waals surface area contributed by atoms with Crippen molar-refractivity contribution in [2.75, 3.05) is 20.8 Å². The topological polar surface area (TPSA) is 77.1 Å². The predicted molar refractivity (Wildman–Crippen MR) is 154 cm³/mol. The SMILES string of the molecule is COc1cc(OC)cc(OCC(=O)N(Cc2ccc(Cl)c(Cl)c2)[C@@H](Cc2ccccc2)C(=O)NC(C)(C)C)c1. The second-order valence-corrected chi connectivity index (χ2v) is 10.9. The number of ether oxygens (including phenoxy) is 3. The zero-order chi connectivity index (χ0) is 28.6. The van der Waals surface area contributed by atoms with Gasteiger partial charge in [-0.3, -0.25) is 9.59 Å². The first-order valence-electron chi connectivity index (χ1n) is 12.4. The van der Waals surface area contributed by atoms with Crippen LogP contribution in [0.3, 0.4) is 0 Å². The standard InChI is InChI=1S/C30H34Cl2N2O5/c1-30(2,3)33-29(36)27(14-20-9-7-6-8-10-20)34(18-21-11-12-25(31)26(32)13-21)28(35)19-39-24-16-22(37-4)15-23(17-24)38-5/h6-13,15-17,27H,14,18-19H2,1-5H3,(H,33,36)/t27-/m0/s1. The molecule has 1 N–H and O–H groups in total. The highest BCUT2D eigenvalue weighted by atomic mass is 35.5. The van der Waals surface area contributed by atoms with Gasteiger partial charge in [-0.15, -0.1) is 0 Å². The Labute approximate surface area is 240 Å². The van der Waals surface area contributed by atoms with Gasteiger partial charge in [-0.1, -0.05) is 59.6 Å². The number of rotatable bonds is 11. The third-order valence-corrected chi connectivity index (χ3v) is 6.53. The molecule has 3 aromatic rings. The zero-order valence-corrected chi connectivity index (χ0v) is 24.3. The highest BCUT2D eigenvalue weighted by Crippen LogP contribution is 2.28. The molecule has 0 aromatic heterocycles. The summed E-state index contributed by atoms with van der Waals surface area (Å²) < 4.78 is 16.5. The summed E-state index contributed by atoms with van der Waals surface area (Å²) in [5, 5.41) is 3.80. The minimum atomic E-state index is -0.822. The van der Waals surface area contributed by atoms with Gasteiger partial charge in [0.2, 0.25) is 5.91 Å². The highest BCUT2D eigenvalue weighted by Gasteiger charge is 2.32. The van der Waals surface area contributed by atoms with Crippen LogP contribution in [0.4, 0.5) is 0 Å². The summed E-state index contributed by atoms with van der Waals surface area (Å²) in [6.07, 6.45) is 0.308. The van der Waals surface area contributed by atoms with Gasteiger partial charge in [0.05, 0.1) is 24.3 Å². The van der Waals surface area contributed by atoms with Gasteiger partial charge < -0.3 is 24.4 Å². The number of hydrogen-bond donors (Lipinski definition) is 1. The van der Waals surface area contributed by atoms with Crippen molar-refractivity contribution in [1.29, 1.82) is 0 Å². The molecule has 0 fully saturated rings. The Morgan fingerprint density at radius 2 is 1.46 bits per heavy atom. The molecule has 0 aliphatic rings. The maximum atomic E-state index is 13.8. The molecule has 0 saturated heterocycles. The molecule has 0 heterocycles. The lowest BCUT2D eigenvalue weighted by atomic mass is 10.0. The van der Waals surface area contributed by atoms with Crippen LogP contribution in [0.15, 0.2) is 66.7 Å². The Morgan fingerprint density at radius 1 is 0.846 bits per heavy atom. The lowest BCUT2D eigenvalue weighted by Gasteiger charge is -2.33. The summed E-state index contributed by atoms with van der Waals surface area (Å²) in [4.78, 5) is 28.9. The zero-order valence-electron chi connectivity index (χ0n) is 22.8. The van der Waals surface area contributed by atoms with E-state index < -0.39 is 11.6 Å². The lowest BCUT2D eigenvalue weighted by molar-refractivity contribution is -0.143. The van der Waals surface area contributed by atoms with Gasteiger partial charge in [-0.05, 0) is 44.0 Å². The monoisotopic (exact) mass is 572 g/mol. The maximum Gasteiger partial charge on any atom is 0.261 e. The molecule has 2 amide bonds. The molecule has 0 aliphatic carbocycles. The molecule has 1 atom stereocenters. The van der Waals surface area contributed by atoms with Crippen molar-refractivity contribution < 1.29 is 23.8 Å². The van der Waals surface area contributed by atoms with Crippen LogP contribution in [-0.4, -0.2) is 49.1 Å². The largest absolute Gasteiger partial charge is 0.496 e. The number of amides is 2. The first kappa shape index (κ1) is 30.1. The van der Waals surface area contributed by atoms with Crippen LogP contribution in [0, 0.1) is 0 Å². The Hall–Kier alpha value is -3.42. The van der Waals surface area contributed by atoms with Crippen molar-refractivity contribution in [1.82, 2.24) is 10.2 Å². The van der Waals surface area contributed by atoms with Gasteiger partial charge in [0, 0.05) is 36.7 Å². The van der Waals surface area contributed by atoms with Crippen molar-refractivity contribution in [3.63, 3.8) is 0 Å². The molecule has 0 aliphatic heterocycles. The molecule has 0 saturated carbocycles. The Kier molecular flexibility index (Phi) is 10.5.